The van der Waals surface area contributed by atoms with Gasteiger partial charge in [0.25, 0.3) is 5.91 Å². The lowest BCUT2D eigenvalue weighted by Crippen LogP contribution is -2.56. The first kappa shape index (κ1) is 52.2. The van der Waals surface area contributed by atoms with Gasteiger partial charge in [-0.05, 0) is 119 Å². The van der Waals surface area contributed by atoms with Gasteiger partial charge in [0.1, 0.15) is 66.8 Å². The van der Waals surface area contributed by atoms with E-state index in [1.165, 1.54) is 18.9 Å². The number of hydrogen-bond donors (Lipinski definition) is 7. The van der Waals surface area contributed by atoms with Crippen molar-refractivity contribution in [2.75, 3.05) is 46.4 Å². The first-order valence-electron chi connectivity index (χ1n) is 23.8. The van der Waals surface area contributed by atoms with Crippen LogP contribution < -0.4 is 52.7 Å². The number of rotatable bonds is 20. The number of carbonyl (C=O) groups excluding carboxylic acids is 5. The lowest BCUT2D eigenvalue weighted by Gasteiger charge is -2.32. The fraction of sp³-hybridized carbons (Fsp3) is 0.451. The van der Waals surface area contributed by atoms with Crippen LogP contribution in [0.15, 0.2) is 60.7 Å². The third-order valence-electron chi connectivity index (χ3n) is 12.4. The highest BCUT2D eigenvalue weighted by Gasteiger charge is 2.44. The molecule has 19 nitrogen and oxygen atoms in total. The van der Waals surface area contributed by atoms with E-state index in [4.69, 9.17) is 31.4 Å². The quantitative estimate of drug-likeness (QED) is 0.0627. The fourth-order valence-corrected chi connectivity index (χ4v) is 8.50. The monoisotopic (exact) mass is 960 g/mol. The van der Waals surface area contributed by atoms with Crippen molar-refractivity contribution in [1.29, 1.82) is 5.26 Å². The Labute approximate surface area is 408 Å². The molecule has 4 aromatic rings. The van der Waals surface area contributed by atoms with Crippen molar-refractivity contribution in [2.45, 2.75) is 102 Å². The van der Waals surface area contributed by atoms with Gasteiger partial charge in [-0.2, -0.15) is 5.26 Å². The van der Waals surface area contributed by atoms with Crippen molar-refractivity contribution in [3.8, 4) is 45.8 Å². The van der Waals surface area contributed by atoms with Crippen molar-refractivity contribution >= 4 is 29.5 Å². The van der Waals surface area contributed by atoms with Crippen molar-refractivity contribution in [2.24, 2.45) is 17.2 Å². The molecular formula is C51H65N11O8. The molecule has 4 bridgehead atoms. The molecule has 3 aromatic carbocycles. The van der Waals surface area contributed by atoms with Gasteiger partial charge in [0.2, 0.25) is 23.6 Å². The Morgan fingerprint density at radius 1 is 0.900 bits per heavy atom. The third kappa shape index (κ3) is 12.7. The van der Waals surface area contributed by atoms with E-state index in [2.05, 4.69) is 38.2 Å². The summed E-state index contributed by atoms with van der Waals surface area (Å²) in [5, 5.41) is 20.0. The zero-order chi connectivity index (χ0) is 50.5. The number of aromatic nitrogens is 2. The van der Waals surface area contributed by atoms with E-state index in [9.17, 15) is 29.2 Å². The Bertz CT molecular complexity index is 2560. The highest BCUT2D eigenvalue weighted by molar-refractivity contribution is 6.00. The summed E-state index contributed by atoms with van der Waals surface area (Å²) in [6.45, 7) is 7.35. The van der Waals surface area contributed by atoms with Crippen LogP contribution in [0.4, 0.5) is 0 Å². The number of nitrogens with zero attached hydrogens (tertiary/aromatic N) is 4. The van der Waals surface area contributed by atoms with Crippen molar-refractivity contribution < 1.29 is 38.2 Å². The van der Waals surface area contributed by atoms with E-state index in [-0.39, 0.29) is 63.4 Å². The maximum atomic E-state index is 14.8. The Morgan fingerprint density at radius 3 is 2.14 bits per heavy atom. The number of hydrogen-bond acceptors (Lipinski definition) is 14. The van der Waals surface area contributed by atoms with E-state index in [1.807, 2.05) is 30.3 Å². The molecule has 5 amide bonds. The first-order chi connectivity index (χ1) is 33.7. The van der Waals surface area contributed by atoms with Crippen LogP contribution in [0, 0.1) is 25.2 Å². The normalized spacial score (nSPS) is 17.6. The SMILES string of the molecule is CCCCC1(Oc2ccc(-c3nc(C)c(C(=O)N[C@@H](CCN)C(=O)N(C)[C@@H]4C(=O)N[C@@H](C)C(=O)N[C@H](C(=O)NCC#N)Cc5ccc(OCCN)c(c5)-c5cc4ccc5OCCN)c(C)n3)cc2)CC1. The van der Waals surface area contributed by atoms with Crippen molar-refractivity contribution in [3.05, 3.63) is 88.7 Å². The van der Waals surface area contributed by atoms with Gasteiger partial charge in [-0.15, -0.1) is 0 Å². The van der Waals surface area contributed by atoms with Crippen molar-refractivity contribution in [1.82, 2.24) is 36.1 Å². The first-order valence-corrected chi connectivity index (χ1v) is 23.8. The second-order valence-electron chi connectivity index (χ2n) is 17.7. The molecule has 10 N–H and O–H groups in total. The van der Waals surface area contributed by atoms with Gasteiger partial charge in [0.05, 0.1) is 23.0 Å². The number of amides is 5. The molecule has 0 radical (unpaired) electrons. The van der Waals surface area contributed by atoms with E-state index in [0.717, 1.165) is 43.4 Å². The molecule has 372 valence electrons. The molecule has 2 aliphatic rings. The standard InChI is InChI=1S/C51H65N11O8/c1-6-7-17-51(18-19-51)70-36-12-9-34(10-13-36)45-57-30(2)43(31(3)58-45)48(65)60-39(16-20-52)50(67)62(5)44-35-11-15-42(69-26-23-55)38(29-35)37-27-33(8-14-41(37)68-25-22-54)28-40(47(64)56-24-21-53)61-46(63)32(4)59-49(44)66/h8-15,27,29,32,39-40,44H,6-7,16-20,22-26,28,52,54-55H2,1-5H3,(H,56,64)(H,59,66)(H,60,65)(H,61,63)/t32-,39-,40-,44-/m0/s1. The second kappa shape index (κ2) is 23.9. The number of fused-ring (bicyclic) bond motifs is 5. The number of nitrogens with two attached hydrogens (primary N) is 3. The molecule has 1 aliphatic heterocycles. The topological polar surface area (TPSA) is 292 Å². The molecule has 70 heavy (non-hydrogen) atoms. The summed E-state index contributed by atoms with van der Waals surface area (Å²) in [4.78, 5) is 81.3. The molecule has 6 rings (SSSR count). The maximum absolute atomic E-state index is 14.8. The Kier molecular flexibility index (Phi) is 17.9. The Morgan fingerprint density at radius 2 is 1.54 bits per heavy atom. The molecule has 4 atom stereocenters. The van der Waals surface area contributed by atoms with Gasteiger partial charge in [0.15, 0.2) is 5.82 Å². The molecule has 0 saturated heterocycles. The molecule has 19 heteroatoms. The molecule has 1 aliphatic carbocycles. The molecule has 0 unspecified atom stereocenters. The average molecular weight is 960 g/mol. The fourth-order valence-electron chi connectivity index (χ4n) is 8.50. The predicted octanol–water partition coefficient (Wildman–Crippen LogP) is 3.04. The van der Waals surface area contributed by atoms with Crippen LogP contribution in [0.1, 0.15) is 91.3 Å². The number of ether oxygens (including phenoxy) is 3. The van der Waals surface area contributed by atoms with Crippen LogP contribution in [0.2, 0.25) is 0 Å². The third-order valence-corrected chi connectivity index (χ3v) is 12.4. The minimum Gasteiger partial charge on any atom is -0.492 e. The number of nitrogens with one attached hydrogen (secondary N) is 4. The smallest absolute Gasteiger partial charge is 0.255 e. The minimum atomic E-state index is -1.41. The zero-order valence-corrected chi connectivity index (χ0v) is 40.6. The number of benzene rings is 3. The van der Waals surface area contributed by atoms with Crippen LogP contribution in [0.25, 0.3) is 22.5 Å². The van der Waals surface area contributed by atoms with Crippen LogP contribution >= 0.6 is 0 Å². The number of unbranched alkanes of at least 4 members (excludes halogenated alkanes) is 1. The van der Waals surface area contributed by atoms with E-state index in [1.54, 1.807) is 50.2 Å². The van der Waals surface area contributed by atoms with Crippen LogP contribution in [0.5, 0.6) is 17.2 Å². The number of likely N-dealkylation sites (N-methyl/N-ethyl adjacent to an activating group) is 1. The van der Waals surface area contributed by atoms with Gasteiger partial charge in [-0.25, -0.2) is 9.97 Å². The van der Waals surface area contributed by atoms with E-state index < -0.39 is 53.7 Å². The Hall–Kier alpha value is -7.14. The van der Waals surface area contributed by atoms with Gasteiger partial charge in [-0.1, -0.05) is 25.5 Å². The van der Waals surface area contributed by atoms with Gasteiger partial charge < -0.3 is 57.6 Å². The number of nitriles is 1. The highest BCUT2D eigenvalue weighted by Crippen LogP contribution is 2.45. The lowest BCUT2D eigenvalue weighted by molar-refractivity contribution is -0.141. The number of carbonyl (C=O) groups is 5. The molecule has 1 fully saturated rings. The van der Waals surface area contributed by atoms with Gasteiger partial charge in [0, 0.05) is 43.2 Å². The molecule has 1 saturated carbocycles. The summed E-state index contributed by atoms with van der Waals surface area (Å²) in [6, 6.07) is 14.6. The van der Waals surface area contributed by atoms with Crippen molar-refractivity contribution in [3.63, 3.8) is 0 Å². The van der Waals surface area contributed by atoms with E-state index >= 15 is 0 Å². The molecule has 0 spiro atoms. The number of aryl methyl sites for hydroxylation is 2. The second-order valence-corrected chi connectivity index (χ2v) is 17.7. The summed E-state index contributed by atoms with van der Waals surface area (Å²) >= 11 is 0. The van der Waals surface area contributed by atoms with Crippen LogP contribution in [0.3, 0.4) is 0 Å². The lowest BCUT2D eigenvalue weighted by atomic mass is 9.93. The zero-order valence-electron chi connectivity index (χ0n) is 40.6. The van der Waals surface area contributed by atoms with Crippen LogP contribution in [-0.4, -0.2) is 115 Å². The Balaban J connectivity index is 1.33. The van der Waals surface area contributed by atoms with Gasteiger partial charge in [-0.3, -0.25) is 24.0 Å². The summed E-state index contributed by atoms with van der Waals surface area (Å²) < 4.78 is 18.6. The molecule has 2 heterocycles. The molecular weight excluding hydrogens is 895 g/mol. The summed E-state index contributed by atoms with van der Waals surface area (Å²) in [5.74, 6) is -1.40. The summed E-state index contributed by atoms with van der Waals surface area (Å²) in [6.07, 6.45) is 5.34. The predicted molar refractivity (Wildman–Crippen MR) is 262 cm³/mol. The van der Waals surface area contributed by atoms with Gasteiger partial charge >= 0.3 is 0 Å². The molecule has 1 aromatic heterocycles. The summed E-state index contributed by atoms with van der Waals surface area (Å²) in [7, 11) is 1.42. The van der Waals surface area contributed by atoms with E-state index in [0.29, 0.717) is 51.0 Å². The summed E-state index contributed by atoms with van der Waals surface area (Å²) in [5.41, 5.74) is 21.2. The minimum absolute atomic E-state index is 0.000634. The highest BCUT2D eigenvalue weighted by atomic mass is 16.5. The maximum Gasteiger partial charge on any atom is 0.255 e. The largest absolute Gasteiger partial charge is 0.492 e. The van der Waals surface area contributed by atoms with Crippen LogP contribution in [-0.2, 0) is 25.6 Å². The average Bonchev–Trinajstić information content (AvgIpc) is 4.11.